The van der Waals surface area contributed by atoms with Gasteiger partial charge in [-0.2, -0.15) is 0 Å². The molecule has 1 N–H and O–H groups in total. The van der Waals surface area contributed by atoms with Crippen molar-refractivity contribution in [2.24, 2.45) is 0 Å². The van der Waals surface area contributed by atoms with Gasteiger partial charge in [0.25, 0.3) is 0 Å². The van der Waals surface area contributed by atoms with Crippen molar-refractivity contribution in [2.45, 2.75) is 47.9 Å². The molecule has 2 aliphatic heterocycles. The maximum Gasteiger partial charge on any atom is 0.0124 e. The molecule has 0 aromatic heterocycles. The van der Waals surface area contributed by atoms with E-state index in [0.717, 1.165) is 17.3 Å². The van der Waals surface area contributed by atoms with Gasteiger partial charge in [-0.1, -0.05) is 18.2 Å². The van der Waals surface area contributed by atoms with E-state index in [2.05, 4.69) is 47.4 Å². The van der Waals surface area contributed by atoms with Crippen LogP contribution in [0.15, 0.2) is 35.2 Å². The zero-order valence-electron chi connectivity index (χ0n) is 8.86. The van der Waals surface area contributed by atoms with Crippen LogP contribution < -0.4 is 5.32 Å². The second-order valence-electron chi connectivity index (χ2n) is 4.66. The Labute approximate surface area is 95.6 Å². The molecule has 1 aromatic carbocycles. The number of fused-ring (bicyclic) bond motifs is 2. The van der Waals surface area contributed by atoms with Gasteiger partial charge in [0, 0.05) is 22.2 Å². The molecule has 2 unspecified atom stereocenters. The van der Waals surface area contributed by atoms with Crippen molar-refractivity contribution >= 4 is 11.8 Å². The zero-order valence-corrected chi connectivity index (χ0v) is 9.67. The first-order chi connectivity index (χ1) is 7.40. The molecule has 2 fully saturated rings. The predicted octanol–water partition coefficient (Wildman–Crippen LogP) is 3.06. The van der Waals surface area contributed by atoms with E-state index in [1.165, 1.54) is 30.6 Å². The average Bonchev–Trinajstić information content (AvgIpc) is 2.60. The highest BCUT2D eigenvalue weighted by Crippen LogP contribution is 2.36. The Morgan fingerprint density at radius 3 is 2.33 bits per heavy atom. The normalized spacial score (nSPS) is 34.3. The lowest BCUT2D eigenvalue weighted by Gasteiger charge is -2.28. The summed E-state index contributed by atoms with van der Waals surface area (Å²) in [6, 6.07) is 12.4. The van der Waals surface area contributed by atoms with Crippen LogP contribution in [-0.2, 0) is 0 Å². The molecule has 2 heteroatoms. The zero-order chi connectivity index (χ0) is 10.1. The van der Waals surface area contributed by atoms with Crippen LogP contribution in [0.1, 0.15) is 25.7 Å². The van der Waals surface area contributed by atoms with Gasteiger partial charge < -0.3 is 5.32 Å². The van der Waals surface area contributed by atoms with E-state index in [1.54, 1.807) is 0 Å². The van der Waals surface area contributed by atoms with E-state index in [-0.39, 0.29) is 0 Å². The van der Waals surface area contributed by atoms with Crippen molar-refractivity contribution < 1.29 is 0 Å². The van der Waals surface area contributed by atoms with Gasteiger partial charge in [-0.25, -0.2) is 0 Å². The number of rotatable bonds is 2. The van der Waals surface area contributed by atoms with Crippen molar-refractivity contribution in [2.75, 3.05) is 0 Å². The molecule has 2 heterocycles. The summed E-state index contributed by atoms with van der Waals surface area (Å²) < 4.78 is 0. The number of thioether (sulfide) groups is 1. The van der Waals surface area contributed by atoms with Gasteiger partial charge >= 0.3 is 0 Å². The summed E-state index contributed by atoms with van der Waals surface area (Å²) in [7, 11) is 0. The average molecular weight is 219 g/mol. The molecule has 1 aromatic rings. The first-order valence-corrected chi connectivity index (χ1v) is 6.76. The number of hydrogen-bond acceptors (Lipinski definition) is 2. The number of nitrogens with one attached hydrogen (secondary N) is 1. The molecular weight excluding hydrogens is 202 g/mol. The summed E-state index contributed by atoms with van der Waals surface area (Å²) in [5, 5.41) is 4.53. The highest BCUT2D eigenvalue weighted by Gasteiger charge is 2.33. The smallest absolute Gasteiger partial charge is 0.0124 e. The fourth-order valence-corrected chi connectivity index (χ4v) is 4.15. The third-order valence-electron chi connectivity index (χ3n) is 3.48. The largest absolute Gasteiger partial charge is 0.311 e. The first-order valence-electron chi connectivity index (χ1n) is 5.88. The van der Waals surface area contributed by atoms with Gasteiger partial charge in [0.05, 0.1) is 0 Å². The van der Waals surface area contributed by atoms with Crippen molar-refractivity contribution in [3.8, 4) is 0 Å². The summed E-state index contributed by atoms with van der Waals surface area (Å²) in [5.41, 5.74) is 0. The standard InChI is InChI=1S/C13H17NS/c1-2-4-12(5-3-1)15-13-8-10-6-7-11(9-13)14-10/h1-5,10-11,13-14H,6-9H2. The molecule has 2 bridgehead atoms. The summed E-state index contributed by atoms with van der Waals surface area (Å²) in [5.74, 6) is 0. The highest BCUT2D eigenvalue weighted by atomic mass is 32.2. The van der Waals surface area contributed by atoms with E-state index in [9.17, 15) is 0 Å². The van der Waals surface area contributed by atoms with Gasteiger partial charge in [0.2, 0.25) is 0 Å². The Kier molecular flexibility index (Phi) is 2.72. The van der Waals surface area contributed by atoms with E-state index in [0.29, 0.717) is 0 Å². The van der Waals surface area contributed by atoms with Crippen molar-refractivity contribution in [1.82, 2.24) is 5.32 Å². The fraction of sp³-hybridized carbons (Fsp3) is 0.538. The Bertz CT molecular complexity index is 313. The van der Waals surface area contributed by atoms with Crippen LogP contribution >= 0.6 is 11.8 Å². The minimum absolute atomic E-state index is 0.810. The van der Waals surface area contributed by atoms with Gasteiger partial charge in [0.15, 0.2) is 0 Å². The van der Waals surface area contributed by atoms with Crippen molar-refractivity contribution in [1.29, 1.82) is 0 Å². The highest BCUT2D eigenvalue weighted by molar-refractivity contribution is 8.00. The predicted molar refractivity (Wildman–Crippen MR) is 65.3 cm³/mol. The van der Waals surface area contributed by atoms with Gasteiger partial charge in [-0.15, -0.1) is 11.8 Å². The Morgan fingerprint density at radius 2 is 1.67 bits per heavy atom. The molecule has 1 nitrogen and oxygen atoms in total. The molecule has 0 aliphatic carbocycles. The molecule has 80 valence electrons. The maximum absolute atomic E-state index is 3.69. The molecule has 15 heavy (non-hydrogen) atoms. The molecule has 0 spiro atoms. The number of benzene rings is 1. The van der Waals surface area contributed by atoms with Crippen molar-refractivity contribution in [3.63, 3.8) is 0 Å². The van der Waals surface area contributed by atoms with Crippen LogP contribution in [0.5, 0.6) is 0 Å². The lowest BCUT2D eigenvalue weighted by Crippen LogP contribution is -2.39. The van der Waals surface area contributed by atoms with Crippen LogP contribution in [-0.4, -0.2) is 17.3 Å². The Balaban J connectivity index is 1.65. The molecule has 2 atom stereocenters. The first kappa shape index (κ1) is 9.73. The van der Waals surface area contributed by atoms with Gasteiger partial charge in [-0.05, 0) is 37.8 Å². The van der Waals surface area contributed by atoms with Crippen LogP contribution in [0.25, 0.3) is 0 Å². The fourth-order valence-electron chi connectivity index (χ4n) is 2.79. The number of hydrogen-bond donors (Lipinski definition) is 1. The second kappa shape index (κ2) is 4.18. The quantitative estimate of drug-likeness (QED) is 0.820. The van der Waals surface area contributed by atoms with Crippen LogP contribution in [0, 0.1) is 0 Å². The van der Waals surface area contributed by atoms with Crippen molar-refractivity contribution in [3.05, 3.63) is 30.3 Å². The van der Waals surface area contributed by atoms with Gasteiger partial charge in [-0.3, -0.25) is 0 Å². The third-order valence-corrected chi connectivity index (χ3v) is 4.74. The SMILES string of the molecule is c1ccc(SC2CC3CCC(C2)N3)cc1. The molecule has 2 aliphatic rings. The topological polar surface area (TPSA) is 12.0 Å². The Morgan fingerprint density at radius 1 is 1.00 bits per heavy atom. The van der Waals surface area contributed by atoms with E-state index < -0.39 is 0 Å². The molecule has 0 saturated carbocycles. The van der Waals surface area contributed by atoms with Crippen LogP contribution in [0.2, 0.25) is 0 Å². The summed E-state index contributed by atoms with van der Waals surface area (Å²) in [6.45, 7) is 0. The lowest BCUT2D eigenvalue weighted by atomic mass is 10.1. The van der Waals surface area contributed by atoms with E-state index in [1.807, 2.05) is 0 Å². The van der Waals surface area contributed by atoms with Gasteiger partial charge in [0.1, 0.15) is 0 Å². The monoisotopic (exact) mass is 219 g/mol. The molecule has 3 rings (SSSR count). The molecular formula is C13H17NS. The molecule has 0 amide bonds. The molecule has 0 radical (unpaired) electrons. The van der Waals surface area contributed by atoms with Crippen LogP contribution in [0.3, 0.4) is 0 Å². The summed E-state index contributed by atoms with van der Waals surface area (Å²) in [4.78, 5) is 1.43. The van der Waals surface area contributed by atoms with Crippen LogP contribution in [0.4, 0.5) is 0 Å². The summed E-state index contributed by atoms with van der Waals surface area (Å²) in [6.07, 6.45) is 5.51. The summed E-state index contributed by atoms with van der Waals surface area (Å²) >= 11 is 2.07. The molecule has 2 saturated heterocycles. The minimum Gasteiger partial charge on any atom is -0.311 e. The lowest BCUT2D eigenvalue weighted by molar-refractivity contribution is 0.415. The second-order valence-corrected chi connectivity index (χ2v) is 6.04. The minimum atomic E-state index is 0.810. The third kappa shape index (κ3) is 2.21. The van der Waals surface area contributed by atoms with E-state index in [4.69, 9.17) is 0 Å². The number of piperidine rings is 1. The van der Waals surface area contributed by atoms with E-state index >= 15 is 0 Å². The maximum atomic E-state index is 3.69. The Hall–Kier alpha value is -0.470.